The zero-order valence-electron chi connectivity index (χ0n) is 14.3. The molecule has 0 bridgehead atoms. The Labute approximate surface area is 154 Å². The third-order valence-corrected chi connectivity index (χ3v) is 5.55. The lowest BCUT2D eigenvalue weighted by atomic mass is 10.1. The predicted molar refractivity (Wildman–Crippen MR) is 103 cm³/mol. The van der Waals surface area contributed by atoms with Crippen molar-refractivity contribution in [3.8, 4) is 9.88 Å². The Hall–Kier alpha value is -2.25. The molecular formula is C18H19N3O2S2. The molecule has 2 heterocycles. The zero-order valence-corrected chi connectivity index (χ0v) is 15.9. The van der Waals surface area contributed by atoms with Gasteiger partial charge in [0, 0.05) is 5.54 Å². The maximum Gasteiger partial charge on any atom is 0.261 e. The Morgan fingerprint density at radius 3 is 2.56 bits per heavy atom. The number of hydrogen-bond donors (Lipinski definition) is 2. The molecule has 0 aliphatic rings. The monoisotopic (exact) mass is 373 g/mol. The lowest BCUT2D eigenvalue weighted by molar-refractivity contribution is -0.121. The fourth-order valence-corrected chi connectivity index (χ4v) is 4.21. The van der Waals surface area contributed by atoms with E-state index in [2.05, 4.69) is 15.6 Å². The van der Waals surface area contributed by atoms with Crippen LogP contribution < -0.4 is 10.6 Å². The lowest BCUT2D eigenvalue weighted by Gasteiger charge is -2.20. The molecule has 2 amide bonds. The van der Waals surface area contributed by atoms with E-state index in [1.54, 1.807) is 17.4 Å². The molecule has 5 nitrogen and oxygen atoms in total. The number of para-hydroxylation sites is 1. The van der Waals surface area contributed by atoms with E-state index < -0.39 is 0 Å². The summed E-state index contributed by atoms with van der Waals surface area (Å²) in [5.74, 6) is -0.453. The van der Waals surface area contributed by atoms with Crippen molar-refractivity contribution < 1.29 is 9.59 Å². The van der Waals surface area contributed by atoms with Crippen LogP contribution in [0.1, 0.15) is 30.4 Å². The highest BCUT2D eigenvalue weighted by Crippen LogP contribution is 2.34. The molecule has 0 radical (unpaired) electrons. The van der Waals surface area contributed by atoms with E-state index in [9.17, 15) is 9.59 Å². The summed E-state index contributed by atoms with van der Waals surface area (Å²) in [7, 11) is 0. The Kier molecular flexibility index (Phi) is 4.87. The van der Waals surface area contributed by atoms with E-state index in [1.807, 2.05) is 51.1 Å². The minimum Gasteiger partial charge on any atom is -0.350 e. The molecule has 3 aromatic rings. The fourth-order valence-electron chi connectivity index (χ4n) is 2.26. The topological polar surface area (TPSA) is 71.1 Å². The summed E-state index contributed by atoms with van der Waals surface area (Å²) in [5.41, 5.74) is 0.644. The van der Waals surface area contributed by atoms with Gasteiger partial charge in [0.2, 0.25) is 5.91 Å². The molecule has 25 heavy (non-hydrogen) atoms. The first-order chi connectivity index (χ1) is 11.8. The first-order valence-electron chi connectivity index (χ1n) is 7.87. The van der Waals surface area contributed by atoms with E-state index in [1.165, 1.54) is 11.3 Å². The number of amides is 2. The molecule has 0 saturated carbocycles. The Morgan fingerprint density at radius 2 is 1.84 bits per heavy atom. The predicted octanol–water partition coefficient (Wildman–Crippen LogP) is 3.67. The second-order valence-electron chi connectivity index (χ2n) is 6.63. The molecule has 3 rings (SSSR count). The van der Waals surface area contributed by atoms with Crippen LogP contribution in [0, 0.1) is 0 Å². The first kappa shape index (κ1) is 17.6. The number of nitrogens with zero attached hydrogens (tertiary/aromatic N) is 1. The van der Waals surface area contributed by atoms with Gasteiger partial charge in [-0.1, -0.05) is 12.1 Å². The fraction of sp³-hybridized carbons (Fsp3) is 0.278. The van der Waals surface area contributed by atoms with Gasteiger partial charge in [0.25, 0.3) is 5.91 Å². The van der Waals surface area contributed by atoms with Crippen LogP contribution in [-0.2, 0) is 4.79 Å². The molecule has 0 unspecified atom stereocenters. The molecule has 0 spiro atoms. The van der Waals surface area contributed by atoms with E-state index in [-0.39, 0.29) is 23.9 Å². The van der Waals surface area contributed by atoms with E-state index in [0.717, 1.165) is 20.1 Å². The molecule has 0 fully saturated rings. The van der Waals surface area contributed by atoms with Crippen LogP contribution in [0.25, 0.3) is 20.1 Å². The average molecular weight is 374 g/mol. The minimum absolute atomic E-state index is 0.0372. The number of fused-ring (bicyclic) bond motifs is 1. The molecule has 0 aliphatic heterocycles. The van der Waals surface area contributed by atoms with Gasteiger partial charge in [0.1, 0.15) is 5.01 Å². The molecule has 0 aliphatic carbocycles. The van der Waals surface area contributed by atoms with Crippen molar-refractivity contribution in [2.45, 2.75) is 26.3 Å². The number of aromatic nitrogens is 1. The standard InChI is InChI=1S/C18H19N3O2S2/c1-18(2,3)21-15(22)10-19-16(23)13-8-9-14(24-13)17-20-11-6-4-5-7-12(11)25-17/h4-9H,10H2,1-3H3,(H,19,23)(H,21,22). The van der Waals surface area contributed by atoms with Gasteiger partial charge in [-0.05, 0) is 45.0 Å². The van der Waals surface area contributed by atoms with Crippen molar-refractivity contribution in [1.29, 1.82) is 0 Å². The minimum atomic E-state index is -0.315. The van der Waals surface area contributed by atoms with Crippen LogP contribution in [0.5, 0.6) is 0 Å². The number of benzene rings is 1. The second-order valence-corrected chi connectivity index (χ2v) is 8.75. The van der Waals surface area contributed by atoms with Crippen LogP contribution in [0.15, 0.2) is 36.4 Å². The van der Waals surface area contributed by atoms with Gasteiger partial charge < -0.3 is 10.6 Å². The van der Waals surface area contributed by atoms with Crippen LogP contribution in [-0.4, -0.2) is 28.9 Å². The normalized spacial score (nSPS) is 11.5. The second kappa shape index (κ2) is 6.93. The summed E-state index contributed by atoms with van der Waals surface area (Å²) in [4.78, 5) is 30.1. The van der Waals surface area contributed by atoms with Crippen LogP contribution in [0.4, 0.5) is 0 Å². The molecule has 2 aromatic heterocycles. The highest BCUT2D eigenvalue weighted by molar-refractivity contribution is 7.26. The van der Waals surface area contributed by atoms with Gasteiger partial charge in [0.05, 0.1) is 26.5 Å². The van der Waals surface area contributed by atoms with Gasteiger partial charge in [-0.15, -0.1) is 22.7 Å². The van der Waals surface area contributed by atoms with Gasteiger partial charge >= 0.3 is 0 Å². The van der Waals surface area contributed by atoms with Gasteiger partial charge in [-0.25, -0.2) is 4.98 Å². The van der Waals surface area contributed by atoms with Gasteiger partial charge in [-0.3, -0.25) is 9.59 Å². The maximum absolute atomic E-state index is 12.2. The van der Waals surface area contributed by atoms with E-state index in [4.69, 9.17) is 0 Å². The molecule has 0 saturated heterocycles. The Balaban J connectivity index is 1.66. The highest BCUT2D eigenvalue weighted by atomic mass is 32.1. The van der Waals surface area contributed by atoms with Crippen molar-refractivity contribution in [2.75, 3.05) is 6.54 Å². The van der Waals surface area contributed by atoms with Crippen molar-refractivity contribution >= 4 is 44.7 Å². The van der Waals surface area contributed by atoms with Crippen molar-refractivity contribution in [3.63, 3.8) is 0 Å². The largest absolute Gasteiger partial charge is 0.350 e. The van der Waals surface area contributed by atoms with E-state index in [0.29, 0.717) is 4.88 Å². The lowest BCUT2D eigenvalue weighted by Crippen LogP contribution is -2.45. The molecule has 0 atom stereocenters. The quantitative estimate of drug-likeness (QED) is 0.733. The van der Waals surface area contributed by atoms with Crippen LogP contribution >= 0.6 is 22.7 Å². The number of carbonyl (C=O) groups excluding carboxylic acids is 2. The third-order valence-electron chi connectivity index (χ3n) is 3.26. The smallest absolute Gasteiger partial charge is 0.261 e. The molecule has 130 valence electrons. The summed E-state index contributed by atoms with van der Waals surface area (Å²) in [6.45, 7) is 5.66. The number of carbonyl (C=O) groups is 2. The maximum atomic E-state index is 12.2. The van der Waals surface area contributed by atoms with Gasteiger partial charge in [-0.2, -0.15) is 0 Å². The first-order valence-corrected chi connectivity index (χ1v) is 9.50. The number of nitrogens with one attached hydrogen (secondary N) is 2. The van der Waals surface area contributed by atoms with Crippen molar-refractivity contribution in [1.82, 2.24) is 15.6 Å². The Morgan fingerprint density at radius 1 is 1.08 bits per heavy atom. The highest BCUT2D eigenvalue weighted by Gasteiger charge is 2.16. The average Bonchev–Trinajstić information content (AvgIpc) is 3.17. The Bertz CT molecular complexity index is 889. The summed E-state index contributed by atoms with van der Waals surface area (Å²) in [6, 6.07) is 11.6. The summed E-state index contributed by atoms with van der Waals surface area (Å²) in [6.07, 6.45) is 0. The summed E-state index contributed by atoms with van der Waals surface area (Å²) < 4.78 is 1.12. The van der Waals surface area contributed by atoms with E-state index >= 15 is 0 Å². The number of hydrogen-bond acceptors (Lipinski definition) is 5. The number of thiophene rings is 1. The molecule has 7 heteroatoms. The van der Waals surface area contributed by atoms with Crippen molar-refractivity contribution in [3.05, 3.63) is 41.3 Å². The molecular weight excluding hydrogens is 354 g/mol. The third kappa shape index (κ3) is 4.43. The van der Waals surface area contributed by atoms with Crippen molar-refractivity contribution in [2.24, 2.45) is 0 Å². The summed E-state index contributed by atoms with van der Waals surface area (Å²) in [5, 5.41) is 6.37. The summed E-state index contributed by atoms with van der Waals surface area (Å²) >= 11 is 2.98. The molecule has 2 N–H and O–H groups in total. The zero-order chi connectivity index (χ0) is 18.0. The number of rotatable bonds is 4. The van der Waals surface area contributed by atoms with Crippen LogP contribution in [0.2, 0.25) is 0 Å². The van der Waals surface area contributed by atoms with Gasteiger partial charge in [0.15, 0.2) is 0 Å². The number of thiazole rings is 1. The SMILES string of the molecule is CC(C)(C)NC(=O)CNC(=O)c1ccc(-c2nc3ccccc3s2)s1. The van der Waals surface area contributed by atoms with Crippen LogP contribution in [0.3, 0.4) is 0 Å². The molecule has 1 aromatic carbocycles.